The average molecular weight is 257 g/mol. The Hall–Kier alpha value is -2.23. The molecule has 0 atom stereocenters. The number of furan rings is 2. The van der Waals surface area contributed by atoms with Gasteiger partial charge in [-0.05, 0) is 31.5 Å². The van der Waals surface area contributed by atoms with Crippen LogP contribution in [-0.4, -0.2) is 23.9 Å². The largest absolute Gasteiger partial charge is 0.472 e. The molecule has 4 nitrogen and oxygen atoms in total. The number of nitrogens with zero attached hydrogens (tertiary/aromatic N) is 1. The van der Waals surface area contributed by atoms with Gasteiger partial charge in [0.1, 0.15) is 12.0 Å². The first-order valence-corrected chi connectivity index (χ1v) is 6.29. The minimum Gasteiger partial charge on any atom is -0.472 e. The lowest BCUT2D eigenvalue weighted by molar-refractivity contribution is 0.0772. The fraction of sp³-hybridized carbons (Fsp3) is 0.267. The number of carbonyl (C=O) groups is 1. The van der Waals surface area contributed by atoms with Gasteiger partial charge in [0.25, 0.3) is 5.91 Å². The minimum atomic E-state index is 0.00491. The second-order valence-corrected chi connectivity index (χ2v) is 4.72. The van der Waals surface area contributed by atoms with Crippen LogP contribution in [0.3, 0.4) is 0 Å². The fourth-order valence-electron chi connectivity index (χ4n) is 2.34. The zero-order valence-corrected chi connectivity index (χ0v) is 10.8. The molecule has 0 saturated heterocycles. The molecule has 19 heavy (non-hydrogen) atoms. The second kappa shape index (κ2) is 4.80. The van der Waals surface area contributed by atoms with Gasteiger partial charge in [-0.2, -0.15) is 0 Å². The van der Waals surface area contributed by atoms with Crippen LogP contribution in [0.5, 0.6) is 0 Å². The van der Waals surface area contributed by atoms with Gasteiger partial charge in [-0.1, -0.05) is 5.57 Å². The topological polar surface area (TPSA) is 46.6 Å². The Morgan fingerprint density at radius 3 is 2.89 bits per heavy atom. The zero-order chi connectivity index (χ0) is 13.2. The van der Waals surface area contributed by atoms with E-state index in [4.69, 9.17) is 8.83 Å². The fourth-order valence-corrected chi connectivity index (χ4v) is 2.34. The molecule has 3 heterocycles. The summed E-state index contributed by atoms with van der Waals surface area (Å²) in [5, 5.41) is 0. The van der Waals surface area contributed by atoms with E-state index in [2.05, 4.69) is 6.92 Å². The van der Waals surface area contributed by atoms with Gasteiger partial charge in [0.15, 0.2) is 0 Å². The van der Waals surface area contributed by atoms with Crippen molar-refractivity contribution in [2.45, 2.75) is 13.3 Å². The van der Waals surface area contributed by atoms with Crippen LogP contribution < -0.4 is 0 Å². The van der Waals surface area contributed by atoms with Crippen LogP contribution in [0.2, 0.25) is 0 Å². The van der Waals surface area contributed by atoms with Crippen LogP contribution in [0.4, 0.5) is 0 Å². The van der Waals surface area contributed by atoms with Crippen LogP contribution >= 0.6 is 0 Å². The molecular weight excluding hydrogens is 242 g/mol. The highest BCUT2D eigenvalue weighted by molar-refractivity contribution is 5.95. The molecular formula is C15H15NO3. The van der Waals surface area contributed by atoms with Crippen molar-refractivity contribution in [3.05, 3.63) is 53.9 Å². The lowest BCUT2D eigenvalue weighted by Crippen LogP contribution is -2.36. The van der Waals surface area contributed by atoms with E-state index < -0.39 is 0 Å². The molecule has 0 radical (unpaired) electrons. The summed E-state index contributed by atoms with van der Waals surface area (Å²) >= 11 is 0. The van der Waals surface area contributed by atoms with Gasteiger partial charge in [0, 0.05) is 18.7 Å². The standard InChI is InChI=1S/C15H15NO3/c1-11-4-6-16(15(17)12-5-8-18-10-12)9-13(11)14-3-2-7-19-14/h2-3,5,7-8,10H,4,6,9H2,1H3. The third-order valence-electron chi connectivity index (χ3n) is 3.49. The van der Waals surface area contributed by atoms with E-state index in [0.717, 1.165) is 24.3 Å². The van der Waals surface area contributed by atoms with Crippen LogP contribution in [0.25, 0.3) is 5.57 Å². The smallest absolute Gasteiger partial charge is 0.257 e. The molecule has 0 unspecified atom stereocenters. The Balaban J connectivity index is 1.83. The van der Waals surface area contributed by atoms with Gasteiger partial charge in [0.05, 0.1) is 18.1 Å². The molecule has 0 spiro atoms. The molecule has 0 fully saturated rings. The van der Waals surface area contributed by atoms with Crippen molar-refractivity contribution in [2.24, 2.45) is 0 Å². The molecule has 1 aliphatic heterocycles. The molecule has 4 heteroatoms. The monoisotopic (exact) mass is 257 g/mol. The maximum absolute atomic E-state index is 12.3. The van der Waals surface area contributed by atoms with Crippen molar-refractivity contribution >= 4 is 11.5 Å². The first-order valence-electron chi connectivity index (χ1n) is 6.29. The van der Waals surface area contributed by atoms with E-state index in [9.17, 15) is 4.79 Å². The summed E-state index contributed by atoms with van der Waals surface area (Å²) in [6, 6.07) is 5.50. The van der Waals surface area contributed by atoms with Crippen LogP contribution in [0, 0.1) is 0 Å². The Morgan fingerprint density at radius 1 is 1.32 bits per heavy atom. The Kier molecular flexibility index (Phi) is 2.99. The first kappa shape index (κ1) is 11.8. The molecule has 2 aromatic heterocycles. The second-order valence-electron chi connectivity index (χ2n) is 4.72. The van der Waals surface area contributed by atoms with E-state index >= 15 is 0 Å². The Labute approximate surface area is 111 Å². The van der Waals surface area contributed by atoms with Gasteiger partial charge in [-0.25, -0.2) is 0 Å². The minimum absolute atomic E-state index is 0.00491. The first-order chi connectivity index (χ1) is 9.25. The zero-order valence-electron chi connectivity index (χ0n) is 10.8. The van der Waals surface area contributed by atoms with Crippen LogP contribution in [-0.2, 0) is 0 Å². The molecule has 1 aliphatic rings. The van der Waals surface area contributed by atoms with Crippen molar-refractivity contribution in [1.82, 2.24) is 4.90 Å². The summed E-state index contributed by atoms with van der Waals surface area (Å²) < 4.78 is 10.4. The van der Waals surface area contributed by atoms with E-state index in [-0.39, 0.29) is 5.91 Å². The lowest BCUT2D eigenvalue weighted by atomic mass is 9.99. The number of rotatable bonds is 2. The van der Waals surface area contributed by atoms with Gasteiger partial charge >= 0.3 is 0 Å². The highest BCUT2D eigenvalue weighted by Gasteiger charge is 2.24. The van der Waals surface area contributed by atoms with E-state index in [0.29, 0.717) is 12.1 Å². The maximum Gasteiger partial charge on any atom is 0.257 e. The highest BCUT2D eigenvalue weighted by Crippen LogP contribution is 2.27. The number of carbonyl (C=O) groups excluding carboxylic acids is 1. The molecule has 2 aromatic rings. The Bertz CT molecular complexity index is 593. The van der Waals surface area contributed by atoms with Crippen molar-refractivity contribution in [1.29, 1.82) is 0 Å². The molecule has 0 aromatic carbocycles. The number of hydrogen-bond donors (Lipinski definition) is 0. The maximum atomic E-state index is 12.3. The number of amides is 1. The van der Waals surface area contributed by atoms with E-state index in [1.54, 1.807) is 12.3 Å². The SMILES string of the molecule is CC1=C(c2ccco2)CN(C(=O)c2ccoc2)CC1. The molecule has 98 valence electrons. The van der Waals surface area contributed by atoms with Gasteiger partial charge in [-0.3, -0.25) is 4.79 Å². The van der Waals surface area contributed by atoms with Crippen molar-refractivity contribution in [3.63, 3.8) is 0 Å². The van der Waals surface area contributed by atoms with E-state index in [1.165, 1.54) is 18.1 Å². The summed E-state index contributed by atoms with van der Waals surface area (Å²) in [7, 11) is 0. The van der Waals surface area contributed by atoms with Gasteiger partial charge in [0.2, 0.25) is 0 Å². The molecule has 0 bridgehead atoms. The summed E-state index contributed by atoms with van der Waals surface area (Å²) in [5.74, 6) is 0.854. The predicted molar refractivity (Wildman–Crippen MR) is 70.5 cm³/mol. The van der Waals surface area contributed by atoms with Crippen molar-refractivity contribution < 1.29 is 13.6 Å². The summed E-state index contributed by atoms with van der Waals surface area (Å²) in [6.07, 6.45) is 5.54. The predicted octanol–water partition coefficient (Wildman–Crippen LogP) is 3.19. The number of hydrogen-bond acceptors (Lipinski definition) is 3. The lowest BCUT2D eigenvalue weighted by Gasteiger charge is -2.29. The summed E-state index contributed by atoms with van der Waals surface area (Å²) in [5.41, 5.74) is 2.98. The average Bonchev–Trinajstić information content (AvgIpc) is 3.12. The van der Waals surface area contributed by atoms with E-state index in [1.807, 2.05) is 17.0 Å². The van der Waals surface area contributed by atoms with Crippen LogP contribution in [0.1, 0.15) is 29.5 Å². The van der Waals surface area contributed by atoms with Gasteiger partial charge in [-0.15, -0.1) is 0 Å². The third-order valence-corrected chi connectivity index (χ3v) is 3.49. The highest BCUT2D eigenvalue weighted by atomic mass is 16.3. The Morgan fingerprint density at radius 2 is 2.21 bits per heavy atom. The summed E-state index contributed by atoms with van der Waals surface area (Å²) in [6.45, 7) is 3.42. The molecule has 3 rings (SSSR count). The normalized spacial score (nSPS) is 15.9. The quantitative estimate of drug-likeness (QED) is 0.830. The third kappa shape index (κ3) is 2.21. The van der Waals surface area contributed by atoms with Crippen molar-refractivity contribution in [2.75, 3.05) is 13.1 Å². The molecule has 1 amide bonds. The molecule has 0 saturated carbocycles. The molecule has 0 aliphatic carbocycles. The van der Waals surface area contributed by atoms with Crippen LogP contribution in [0.15, 0.2) is 51.4 Å². The van der Waals surface area contributed by atoms with Gasteiger partial charge < -0.3 is 13.7 Å². The van der Waals surface area contributed by atoms with Crippen molar-refractivity contribution in [3.8, 4) is 0 Å². The molecule has 0 N–H and O–H groups in total. The summed E-state index contributed by atoms with van der Waals surface area (Å²) in [4.78, 5) is 14.1.